The van der Waals surface area contributed by atoms with E-state index in [4.69, 9.17) is 5.26 Å². The van der Waals surface area contributed by atoms with E-state index in [1.54, 1.807) is 6.07 Å². The van der Waals surface area contributed by atoms with Gasteiger partial charge in [-0.3, -0.25) is 9.69 Å². The molecule has 1 aromatic heterocycles. The van der Waals surface area contributed by atoms with Gasteiger partial charge in [0.25, 0.3) is 0 Å². The summed E-state index contributed by atoms with van der Waals surface area (Å²) >= 11 is 0. The lowest BCUT2D eigenvalue weighted by molar-refractivity contribution is -0.117. The van der Waals surface area contributed by atoms with Gasteiger partial charge in [-0.1, -0.05) is 0 Å². The molecule has 0 radical (unpaired) electrons. The summed E-state index contributed by atoms with van der Waals surface area (Å²) in [6.45, 7) is -0.356. The zero-order chi connectivity index (χ0) is 13.3. The van der Waals surface area contributed by atoms with Gasteiger partial charge in [-0.2, -0.15) is 13.7 Å². The average Bonchev–Trinajstić information content (AvgIpc) is 2.71. The standard InChI is InChI=1S/C9H7FN4O3S/c10-18(16,17)6-3-8(15)14(5-6)9-7(4-11)12-1-2-13-9/h1-2,6H,3,5H2. The SMILES string of the molecule is N#Cc1nccnc1N1CC(S(=O)(=O)F)CC1=O. The molecule has 0 aliphatic carbocycles. The second kappa shape index (κ2) is 4.30. The maximum Gasteiger partial charge on any atom is 0.307 e. The number of aromatic nitrogens is 2. The topological polar surface area (TPSA) is 104 Å². The summed E-state index contributed by atoms with van der Waals surface area (Å²) in [6.07, 6.45) is 2.08. The van der Waals surface area contributed by atoms with Crippen molar-refractivity contribution in [3.63, 3.8) is 0 Å². The monoisotopic (exact) mass is 270 g/mol. The first-order valence-corrected chi connectivity index (χ1v) is 6.33. The van der Waals surface area contributed by atoms with E-state index >= 15 is 0 Å². The minimum atomic E-state index is -4.79. The highest BCUT2D eigenvalue weighted by atomic mass is 32.3. The molecule has 1 aliphatic heterocycles. The van der Waals surface area contributed by atoms with E-state index in [2.05, 4.69) is 9.97 Å². The summed E-state index contributed by atoms with van der Waals surface area (Å²) in [5.41, 5.74) is -0.109. The number of anilines is 1. The number of halogens is 1. The lowest BCUT2D eigenvalue weighted by atomic mass is 10.4. The minimum Gasteiger partial charge on any atom is -0.293 e. The van der Waals surface area contributed by atoms with Gasteiger partial charge < -0.3 is 0 Å². The van der Waals surface area contributed by atoms with Crippen molar-refractivity contribution in [1.82, 2.24) is 9.97 Å². The van der Waals surface area contributed by atoms with Gasteiger partial charge in [0.15, 0.2) is 11.5 Å². The van der Waals surface area contributed by atoms with Crippen LogP contribution in [0.5, 0.6) is 0 Å². The third kappa shape index (κ3) is 2.14. The van der Waals surface area contributed by atoms with Crippen LogP contribution in [0.3, 0.4) is 0 Å². The Hall–Kier alpha value is -2.08. The van der Waals surface area contributed by atoms with Crippen LogP contribution in [0, 0.1) is 11.3 Å². The molecular weight excluding hydrogens is 263 g/mol. The Kier molecular flexibility index (Phi) is 2.96. The second-order valence-electron chi connectivity index (χ2n) is 3.65. The maximum atomic E-state index is 12.8. The molecule has 1 unspecified atom stereocenters. The van der Waals surface area contributed by atoms with Gasteiger partial charge in [-0.05, 0) is 0 Å². The highest BCUT2D eigenvalue weighted by Crippen LogP contribution is 2.25. The Bertz CT molecular complexity index is 639. The normalized spacial score (nSPS) is 19.9. The fourth-order valence-corrected chi connectivity index (χ4v) is 2.34. The number of amides is 1. The van der Waals surface area contributed by atoms with E-state index in [-0.39, 0.29) is 18.1 Å². The average molecular weight is 270 g/mol. The molecule has 0 aromatic carbocycles. The van der Waals surface area contributed by atoms with E-state index in [0.717, 1.165) is 4.90 Å². The van der Waals surface area contributed by atoms with Crippen molar-refractivity contribution in [3.8, 4) is 6.07 Å². The number of carbonyl (C=O) groups excluding carboxylic acids is 1. The lowest BCUT2D eigenvalue weighted by Crippen LogP contribution is -2.28. The number of hydrogen-bond acceptors (Lipinski definition) is 6. The minimum absolute atomic E-state index is 0.0452. The van der Waals surface area contributed by atoms with Crippen LogP contribution in [-0.4, -0.2) is 36.1 Å². The second-order valence-corrected chi connectivity index (χ2v) is 5.26. The summed E-state index contributed by atoms with van der Waals surface area (Å²) < 4.78 is 34.4. The highest BCUT2D eigenvalue weighted by molar-refractivity contribution is 7.87. The van der Waals surface area contributed by atoms with Crippen LogP contribution >= 0.6 is 0 Å². The van der Waals surface area contributed by atoms with E-state index in [0.29, 0.717) is 0 Å². The first kappa shape index (κ1) is 12.4. The third-order valence-corrected chi connectivity index (χ3v) is 3.64. The van der Waals surface area contributed by atoms with E-state index in [1.165, 1.54) is 12.4 Å². The van der Waals surface area contributed by atoms with Gasteiger partial charge >= 0.3 is 10.2 Å². The Morgan fingerprint density at radius 3 is 2.67 bits per heavy atom. The molecule has 2 heterocycles. The predicted octanol–water partition coefficient (Wildman–Crippen LogP) is -0.247. The number of rotatable bonds is 2. The van der Waals surface area contributed by atoms with Crippen LogP contribution in [0.2, 0.25) is 0 Å². The third-order valence-electron chi connectivity index (χ3n) is 2.53. The molecule has 1 aliphatic rings. The fraction of sp³-hybridized carbons (Fsp3) is 0.333. The number of nitrogens with zero attached hydrogens (tertiary/aromatic N) is 4. The summed E-state index contributed by atoms with van der Waals surface area (Å²) in [4.78, 5) is 20.1. The van der Waals surface area contributed by atoms with Crippen LogP contribution < -0.4 is 4.90 Å². The van der Waals surface area contributed by atoms with Gasteiger partial charge in [-0.25, -0.2) is 9.97 Å². The molecule has 0 saturated carbocycles. The smallest absolute Gasteiger partial charge is 0.293 e. The molecule has 1 saturated heterocycles. The van der Waals surface area contributed by atoms with Crippen LogP contribution in [0.4, 0.5) is 9.70 Å². The van der Waals surface area contributed by atoms with Crippen molar-refractivity contribution in [2.45, 2.75) is 11.7 Å². The zero-order valence-corrected chi connectivity index (χ0v) is 9.76. The van der Waals surface area contributed by atoms with Crippen LogP contribution in [-0.2, 0) is 15.0 Å². The first-order chi connectivity index (χ1) is 8.43. The van der Waals surface area contributed by atoms with Crippen molar-refractivity contribution in [1.29, 1.82) is 5.26 Å². The van der Waals surface area contributed by atoms with Gasteiger partial charge in [0.05, 0.1) is 0 Å². The molecule has 0 N–H and O–H groups in total. The summed E-state index contributed by atoms with van der Waals surface area (Å²) in [6, 6.07) is 1.74. The number of hydrogen-bond donors (Lipinski definition) is 0. The Balaban J connectivity index is 2.37. The molecule has 7 nitrogen and oxygen atoms in total. The molecule has 94 valence electrons. The molecule has 1 amide bonds. The molecule has 0 spiro atoms. The van der Waals surface area contributed by atoms with E-state index in [1.807, 2.05) is 0 Å². The highest BCUT2D eigenvalue weighted by Gasteiger charge is 2.40. The van der Waals surface area contributed by atoms with Crippen LogP contribution in [0.1, 0.15) is 12.1 Å². The lowest BCUT2D eigenvalue weighted by Gasteiger charge is -2.14. The van der Waals surface area contributed by atoms with Gasteiger partial charge in [0.1, 0.15) is 11.3 Å². The Morgan fingerprint density at radius 1 is 1.44 bits per heavy atom. The molecule has 18 heavy (non-hydrogen) atoms. The van der Waals surface area contributed by atoms with Gasteiger partial charge in [0, 0.05) is 25.4 Å². The quantitative estimate of drug-likeness (QED) is 0.686. The van der Waals surface area contributed by atoms with Crippen molar-refractivity contribution in [3.05, 3.63) is 18.1 Å². The van der Waals surface area contributed by atoms with Crippen molar-refractivity contribution in [2.24, 2.45) is 0 Å². The van der Waals surface area contributed by atoms with Crippen molar-refractivity contribution < 1.29 is 17.1 Å². The summed E-state index contributed by atoms with van der Waals surface area (Å²) in [5.74, 6) is -0.644. The molecule has 9 heteroatoms. The van der Waals surface area contributed by atoms with E-state index < -0.39 is 27.8 Å². The zero-order valence-electron chi connectivity index (χ0n) is 8.95. The predicted molar refractivity (Wildman–Crippen MR) is 57.5 cm³/mol. The maximum absolute atomic E-state index is 12.8. The largest absolute Gasteiger partial charge is 0.307 e. The van der Waals surface area contributed by atoms with Crippen LogP contribution in [0.25, 0.3) is 0 Å². The molecular formula is C9H7FN4O3S. The molecule has 0 bridgehead atoms. The Morgan fingerprint density at radius 2 is 2.11 bits per heavy atom. The number of carbonyl (C=O) groups is 1. The first-order valence-electron chi connectivity index (χ1n) is 4.88. The van der Waals surface area contributed by atoms with Gasteiger partial charge in [-0.15, -0.1) is 3.89 Å². The van der Waals surface area contributed by atoms with Crippen LogP contribution in [0.15, 0.2) is 12.4 Å². The van der Waals surface area contributed by atoms with E-state index in [9.17, 15) is 17.1 Å². The molecule has 2 rings (SSSR count). The summed E-state index contributed by atoms with van der Waals surface area (Å²) in [7, 11) is -4.79. The Labute approximate surface area is 102 Å². The number of nitriles is 1. The molecule has 1 fully saturated rings. The molecule has 1 aromatic rings. The summed E-state index contributed by atoms with van der Waals surface area (Å²) in [5, 5.41) is 7.39. The van der Waals surface area contributed by atoms with Gasteiger partial charge in [0.2, 0.25) is 5.91 Å². The van der Waals surface area contributed by atoms with Crippen molar-refractivity contribution in [2.75, 3.05) is 11.4 Å². The molecule has 1 atom stereocenters. The van der Waals surface area contributed by atoms with Crippen molar-refractivity contribution >= 4 is 21.9 Å². The fourth-order valence-electron chi connectivity index (χ4n) is 1.68.